The first-order valence-electron chi connectivity index (χ1n) is 19.1. The van der Waals surface area contributed by atoms with Crippen molar-refractivity contribution >= 4 is 21.8 Å². The molecular weight excluding hydrogens is 496 g/mol. The molecule has 2 aromatic heterocycles. The average molecular weight is 547 g/mol. The van der Waals surface area contributed by atoms with Crippen LogP contribution in [0.3, 0.4) is 0 Å². The maximum Gasteiger partial charge on any atom is 0.0826 e. The lowest BCUT2D eigenvalue weighted by Gasteiger charge is -2.23. The van der Waals surface area contributed by atoms with E-state index in [2.05, 4.69) is 13.8 Å². The minimum Gasteiger partial charge on any atom is -0.316 e. The topological polar surface area (TPSA) is 9.86 Å². The van der Waals surface area contributed by atoms with Crippen LogP contribution in [-0.4, -0.2) is 9.13 Å². The molecule has 0 fully saturated rings. The maximum absolute atomic E-state index is 9.34. The van der Waals surface area contributed by atoms with Crippen LogP contribution >= 0.6 is 0 Å². The Morgan fingerprint density at radius 1 is 0.585 bits per heavy atom. The van der Waals surface area contributed by atoms with Crippen LogP contribution in [0.1, 0.15) is 91.4 Å². The molecule has 0 amide bonds. The third-order valence-electron chi connectivity index (χ3n) is 8.39. The van der Waals surface area contributed by atoms with Crippen LogP contribution in [0.25, 0.3) is 44.3 Å². The molecule has 0 saturated heterocycles. The van der Waals surface area contributed by atoms with E-state index in [0.717, 1.165) is 22.3 Å². The van der Waals surface area contributed by atoms with Gasteiger partial charge in [0.05, 0.1) is 24.7 Å². The molecule has 206 valence electrons. The van der Waals surface area contributed by atoms with Crippen molar-refractivity contribution in [3.63, 3.8) is 0 Å². The molecule has 2 heterocycles. The molecule has 2 heteroatoms. The van der Waals surface area contributed by atoms with E-state index in [1.54, 1.807) is 9.13 Å². The van der Waals surface area contributed by atoms with Gasteiger partial charge in [-0.2, -0.15) is 0 Å². The highest BCUT2D eigenvalue weighted by Gasteiger charge is 2.36. The van der Waals surface area contributed by atoms with Crippen LogP contribution < -0.4 is 0 Å². The van der Waals surface area contributed by atoms with E-state index in [1.807, 2.05) is 77.9 Å². The first-order valence-corrected chi connectivity index (χ1v) is 14.1. The van der Waals surface area contributed by atoms with Crippen molar-refractivity contribution < 1.29 is 13.7 Å². The van der Waals surface area contributed by atoms with Crippen LogP contribution in [0.4, 0.5) is 0 Å². The highest BCUT2D eigenvalue weighted by molar-refractivity contribution is 5.89. The molecule has 0 saturated carbocycles. The summed E-state index contributed by atoms with van der Waals surface area (Å²) < 4.78 is 90.9. The van der Waals surface area contributed by atoms with Gasteiger partial charge in [-0.3, -0.25) is 0 Å². The third-order valence-corrected chi connectivity index (χ3v) is 8.39. The molecule has 7 rings (SSSR count). The summed E-state index contributed by atoms with van der Waals surface area (Å²) in [6.07, 6.45) is 0.225. The van der Waals surface area contributed by atoms with E-state index in [9.17, 15) is 2.74 Å². The molecule has 0 aliphatic heterocycles. The molecule has 41 heavy (non-hydrogen) atoms. The molecule has 0 N–H and O–H groups in total. The van der Waals surface area contributed by atoms with Crippen molar-refractivity contribution in [1.29, 1.82) is 0 Å². The van der Waals surface area contributed by atoms with E-state index in [4.69, 9.17) is 11.0 Å². The number of aromatic nitrogens is 2. The second-order valence-corrected chi connectivity index (χ2v) is 13.7. The molecule has 1 aliphatic carbocycles. The first kappa shape index (κ1) is 17.0. The van der Waals surface area contributed by atoms with Crippen molar-refractivity contribution in [3.8, 4) is 22.5 Å². The molecular formula is C39H40N2. The van der Waals surface area contributed by atoms with Gasteiger partial charge in [-0.15, -0.1) is 0 Å². The number of benzene rings is 4. The number of hydrogen-bond acceptors (Lipinski definition) is 0. The third kappa shape index (κ3) is 3.84. The van der Waals surface area contributed by atoms with E-state index in [1.165, 1.54) is 0 Å². The summed E-state index contributed by atoms with van der Waals surface area (Å²) in [5.41, 5.74) is 5.03. The van der Waals surface area contributed by atoms with Crippen LogP contribution in [0, 0.1) is 0 Å². The normalized spacial score (nSPS) is 18.0. The molecule has 0 atom stereocenters. The Kier molecular flexibility index (Phi) is 3.53. The zero-order chi connectivity index (χ0) is 37.6. The lowest BCUT2D eigenvalue weighted by Crippen LogP contribution is -2.16. The van der Waals surface area contributed by atoms with Gasteiger partial charge in [0.2, 0.25) is 0 Å². The lowest BCUT2D eigenvalue weighted by molar-refractivity contribution is 0.594. The van der Waals surface area contributed by atoms with Gasteiger partial charge < -0.3 is 9.13 Å². The monoisotopic (exact) mass is 546 g/mol. The summed E-state index contributed by atoms with van der Waals surface area (Å²) in [7, 11) is 0. The SMILES string of the molecule is [2H]c1c([2H])c([2H])c2c(c1[2H])c(C(C)(C)C)c([2H])n2-c1ccc2c(c1)C(C)(C)c1cc(-n3c([2H])c(C(C)(C)C)c4c([2H])c([2H])c([2H])c([2H])c43)ccc1-2. The number of para-hydroxylation sites is 2. The Morgan fingerprint density at radius 2 is 0.976 bits per heavy atom. The smallest absolute Gasteiger partial charge is 0.0826 e. The molecule has 0 unspecified atom stereocenters. The molecule has 0 bridgehead atoms. The lowest BCUT2D eigenvalue weighted by atomic mass is 9.82. The van der Waals surface area contributed by atoms with Gasteiger partial charge in [0.15, 0.2) is 0 Å². The number of rotatable bonds is 2. The quantitative estimate of drug-likeness (QED) is 0.204. The van der Waals surface area contributed by atoms with Crippen LogP contribution in [0.2, 0.25) is 0 Å². The largest absolute Gasteiger partial charge is 0.316 e. The van der Waals surface area contributed by atoms with Gasteiger partial charge in [0.25, 0.3) is 0 Å². The summed E-state index contributed by atoms with van der Waals surface area (Å²) in [6.45, 7) is 15.8. The van der Waals surface area contributed by atoms with E-state index in [0.29, 0.717) is 33.3 Å². The Balaban J connectivity index is 1.46. The van der Waals surface area contributed by atoms with Gasteiger partial charge in [0.1, 0.15) is 0 Å². The number of hydrogen-bond donors (Lipinski definition) is 0. The highest BCUT2D eigenvalue weighted by atomic mass is 15.0. The molecule has 0 radical (unpaired) electrons. The Labute approximate surface area is 258 Å². The van der Waals surface area contributed by atoms with Crippen molar-refractivity contribution in [3.05, 3.63) is 119 Å². The summed E-state index contributed by atoms with van der Waals surface area (Å²) in [5, 5.41) is 0.702. The summed E-state index contributed by atoms with van der Waals surface area (Å²) in [4.78, 5) is 0. The fourth-order valence-electron chi connectivity index (χ4n) is 6.22. The molecule has 1 aliphatic rings. The van der Waals surface area contributed by atoms with Gasteiger partial charge in [0, 0.05) is 39.9 Å². The van der Waals surface area contributed by atoms with Crippen molar-refractivity contribution in [2.45, 2.75) is 71.6 Å². The fourth-order valence-corrected chi connectivity index (χ4v) is 6.22. The number of nitrogens with zero attached hydrogens (tertiary/aromatic N) is 2. The zero-order valence-electron chi connectivity index (χ0n) is 34.9. The van der Waals surface area contributed by atoms with Crippen LogP contribution in [-0.2, 0) is 16.2 Å². The highest BCUT2D eigenvalue weighted by Crippen LogP contribution is 2.50. The molecule has 0 spiro atoms. The minimum absolute atomic E-state index is 0.113. The Hall–Kier alpha value is -4.04. The van der Waals surface area contributed by atoms with Crippen LogP contribution in [0.15, 0.2) is 97.1 Å². The summed E-state index contributed by atoms with van der Waals surface area (Å²) in [5.74, 6) is 0. The average Bonchev–Trinajstić information content (AvgIpc) is 3.63. The van der Waals surface area contributed by atoms with Gasteiger partial charge in [-0.25, -0.2) is 0 Å². The predicted molar refractivity (Wildman–Crippen MR) is 175 cm³/mol. The van der Waals surface area contributed by atoms with Crippen molar-refractivity contribution in [1.82, 2.24) is 9.13 Å². The molecule has 6 aromatic rings. The molecule has 4 aromatic carbocycles. The van der Waals surface area contributed by atoms with E-state index < -0.39 is 16.2 Å². The second-order valence-electron chi connectivity index (χ2n) is 13.7. The van der Waals surface area contributed by atoms with Crippen molar-refractivity contribution in [2.24, 2.45) is 0 Å². The predicted octanol–water partition coefficient (Wildman–Crippen LogP) is 10.5. The van der Waals surface area contributed by atoms with Crippen molar-refractivity contribution in [2.75, 3.05) is 0 Å². The van der Waals surface area contributed by atoms with Gasteiger partial charge in [-0.05, 0) is 80.6 Å². The standard InChI is InChI=1S/C39H40N2/c1-37(2,3)33-23-40(35-15-11-9-13-29(33)35)25-17-19-27-28-20-18-26(22-32(28)39(7,8)31(27)21-25)41-24-34(38(4,5)6)30-14-10-12-16-36(30)41/h9-24H,1-8H3/i9D,10D,11D,12D,13D,14D,15D,16D,23D,24D. The first-order chi connectivity index (χ1) is 23.5. The van der Waals surface area contributed by atoms with E-state index in [-0.39, 0.29) is 71.7 Å². The minimum atomic E-state index is -0.578. The molecule has 2 nitrogen and oxygen atoms in total. The van der Waals surface area contributed by atoms with E-state index >= 15 is 0 Å². The Morgan fingerprint density at radius 3 is 1.37 bits per heavy atom. The maximum atomic E-state index is 9.34. The summed E-state index contributed by atoms with van der Waals surface area (Å²) >= 11 is 0. The van der Waals surface area contributed by atoms with Gasteiger partial charge in [-0.1, -0.05) is 104 Å². The fraction of sp³-hybridized carbons (Fsp3) is 0.282. The Bertz CT molecular complexity index is 2350. The van der Waals surface area contributed by atoms with Crippen LogP contribution in [0.5, 0.6) is 0 Å². The zero-order valence-corrected chi connectivity index (χ0v) is 24.9. The van der Waals surface area contributed by atoms with Gasteiger partial charge >= 0.3 is 0 Å². The number of fused-ring (bicyclic) bond motifs is 5. The second kappa shape index (κ2) is 8.49. The summed E-state index contributed by atoms with van der Waals surface area (Å²) in [6, 6.07) is 9.68.